The van der Waals surface area contributed by atoms with E-state index in [2.05, 4.69) is 38.1 Å². The quantitative estimate of drug-likeness (QED) is 0.640. The summed E-state index contributed by atoms with van der Waals surface area (Å²) in [5.74, 6) is 0.793. The topological polar surface area (TPSA) is 30.7 Å². The minimum Gasteiger partial charge on any atom is -0.496 e. The molecule has 23 heavy (non-hydrogen) atoms. The van der Waals surface area contributed by atoms with E-state index in [1.165, 1.54) is 5.56 Å². The Balaban J connectivity index is 2.29. The van der Waals surface area contributed by atoms with Crippen LogP contribution in [0.3, 0.4) is 0 Å². The predicted octanol–water partition coefficient (Wildman–Crippen LogP) is 4.69. The van der Waals surface area contributed by atoms with Crippen molar-refractivity contribution in [1.82, 2.24) is 4.40 Å². The van der Waals surface area contributed by atoms with Gasteiger partial charge in [-0.05, 0) is 48.7 Å². The fourth-order valence-corrected chi connectivity index (χ4v) is 3.11. The molecule has 3 heteroatoms. The molecule has 118 valence electrons. The second kappa shape index (κ2) is 6.29. The summed E-state index contributed by atoms with van der Waals surface area (Å²) in [6, 6.07) is 12.3. The van der Waals surface area contributed by atoms with Crippen LogP contribution >= 0.6 is 0 Å². The van der Waals surface area contributed by atoms with E-state index >= 15 is 0 Å². The Kier molecular flexibility index (Phi) is 4.20. The third kappa shape index (κ3) is 2.63. The summed E-state index contributed by atoms with van der Waals surface area (Å²) in [4.78, 5) is 11.7. The molecule has 0 N–H and O–H groups in total. The van der Waals surface area contributed by atoms with Crippen molar-refractivity contribution in [2.75, 3.05) is 7.11 Å². The number of carbonyl (C=O) groups excluding carboxylic acids is 1. The van der Waals surface area contributed by atoms with Crippen LogP contribution in [0.5, 0.6) is 5.75 Å². The zero-order chi connectivity index (χ0) is 16.4. The van der Waals surface area contributed by atoms with Crippen LogP contribution in [0.25, 0.3) is 16.6 Å². The van der Waals surface area contributed by atoms with E-state index in [4.69, 9.17) is 4.74 Å². The Morgan fingerprint density at radius 1 is 1.17 bits per heavy atom. The Hall–Kier alpha value is -2.55. The standard InChI is InChI=1S/C20H21NO2/c1-4-6-15-8-9-20(23-3)17(11-15)16-12-18-14(2)7-5-10-21(18)19(16)13-22/h5,7-13H,4,6H2,1-3H3. The average molecular weight is 307 g/mol. The number of benzene rings is 1. The van der Waals surface area contributed by atoms with Gasteiger partial charge < -0.3 is 9.14 Å². The molecule has 1 aromatic carbocycles. The summed E-state index contributed by atoms with van der Waals surface area (Å²) in [5.41, 5.74) is 6.01. The van der Waals surface area contributed by atoms with Crippen LogP contribution in [0.1, 0.15) is 35.0 Å². The van der Waals surface area contributed by atoms with Gasteiger partial charge in [0, 0.05) is 22.8 Å². The highest BCUT2D eigenvalue weighted by Gasteiger charge is 2.16. The van der Waals surface area contributed by atoms with E-state index in [0.29, 0.717) is 5.69 Å². The third-order valence-electron chi connectivity index (χ3n) is 4.27. The van der Waals surface area contributed by atoms with E-state index in [1.807, 2.05) is 22.7 Å². The number of methoxy groups -OCH3 is 1. The third-order valence-corrected chi connectivity index (χ3v) is 4.27. The second-order valence-electron chi connectivity index (χ2n) is 5.79. The van der Waals surface area contributed by atoms with Crippen molar-refractivity contribution in [3.63, 3.8) is 0 Å². The van der Waals surface area contributed by atoms with Gasteiger partial charge in [-0.15, -0.1) is 0 Å². The van der Waals surface area contributed by atoms with Gasteiger partial charge in [0.1, 0.15) is 5.75 Å². The SMILES string of the molecule is CCCc1ccc(OC)c(-c2cc3c(C)cccn3c2C=O)c1. The number of carbonyl (C=O) groups is 1. The molecule has 0 fully saturated rings. The Labute approximate surface area is 136 Å². The van der Waals surface area contributed by atoms with Crippen LogP contribution in [0.4, 0.5) is 0 Å². The first kappa shape index (κ1) is 15.3. The second-order valence-corrected chi connectivity index (χ2v) is 5.79. The number of aromatic nitrogens is 1. The lowest BCUT2D eigenvalue weighted by Crippen LogP contribution is -1.95. The number of pyridine rings is 1. The monoisotopic (exact) mass is 307 g/mol. The fourth-order valence-electron chi connectivity index (χ4n) is 3.11. The summed E-state index contributed by atoms with van der Waals surface area (Å²) >= 11 is 0. The number of aryl methyl sites for hydroxylation is 2. The lowest BCUT2D eigenvalue weighted by Gasteiger charge is -2.10. The highest BCUT2D eigenvalue weighted by molar-refractivity contribution is 5.92. The van der Waals surface area contributed by atoms with E-state index < -0.39 is 0 Å². The molecular formula is C20H21NO2. The lowest BCUT2D eigenvalue weighted by molar-refractivity contribution is 0.111. The van der Waals surface area contributed by atoms with Crippen molar-refractivity contribution in [2.24, 2.45) is 0 Å². The molecule has 0 amide bonds. The van der Waals surface area contributed by atoms with Crippen LogP contribution in [0, 0.1) is 6.92 Å². The molecule has 0 bridgehead atoms. The van der Waals surface area contributed by atoms with Crippen molar-refractivity contribution >= 4 is 11.8 Å². The Morgan fingerprint density at radius 2 is 2.00 bits per heavy atom. The first-order valence-corrected chi connectivity index (χ1v) is 7.92. The minimum absolute atomic E-state index is 0.663. The summed E-state index contributed by atoms with van der Waals surface area (Å²) in [6.07, 6.45) is 4.95. The molecule has 0 saturated carbocycles. The predicted molar refractivity (Wildman–Crippen MR) is 93.5 cm³/mol. The number of aldehydes is 1. The highest BCUT2D eigenvalue weighted by atomic mass is 16.5. The summed E-state index contributed by atoms with van der Waals surface area (Å²) in [6.45, 7) is 4.22. The van der Waals surface area contributed by atoms with Gasteiger partial charge in [0.25, 0.3) is 0 Å². The fraction of sp³-hybridized carbons (Fsp3) is 0.250. The molecule has 0 spiro atoms. The van der Waals surface area contributed by atoms with Gasteiger partial charge in [0.2, 0.25) is 0 Å². The van der Waals surface area contributed by atoms with Crippen molar-refractivity contribution in [3.05, 3.63) is 59.4 Å². The number of hydrogen-bond donors (Lipinski definition) is 0. The number of fused-ring (bicyclic) bond motifs is 1. The molecule has 0 aliphatic carbocycles. The van der Waals surface area contributed by atoms with E-state index in [9.17, 15) is 4.79 Å². The maximum atomic E-state index is 11.7. The molecule has 0 unspecified atom stereocenters. The van der Waals surface area contributed by atoms with Crippen LogP contribution in [0.15, 0.2) is 42.6 Å². The number of ether oxygens (including phenoxy) is 1. The van der Waals surface area contributed by atoms with Gasteiger partial charge in [-0.1, -0.05) is 25.5 Å². The Morgan fingerprint density at radius 3 is 2.70 bits per heavy atom. The Bertz CT molecular complexity index is 861. The highest BCUT2D eigenvalue weighted by Crippen LogP contribution is 2.35. The first-order chi connectivity index (χ1) is 11.2. The van der Waals surface area contributed by atoms with Crippen LogP contribution in [-0.4, -0.2) is 17.8 Å². The minimum atomic E-state index is 0.663. The van der Waals surface area contributed by atoms with Gasteiger partial charge in [-0.2, -0.15) is 0 Å². The summed E-state index contributed by atoms with van der Waals surface area (Å²) in [5, 5.41) is 0. The number of hydrogen-bond acceptors (Lipinski definition) is 2. The molecule has 0 atom stereocenters. The normalized spacial score (nSPS) is 10.9. The van der Waals surface area contributed by atoms with Gasteiger partial charge in [0.15, 0.2) is 6.29 Å². The van der Waals surface area contributed by atoms with E-state index in [-0.39, 0.29) is 0 Å². The van der Waals surface area contributed by atoms with Crippen molar-refractivity contribution in [3.8, 4) is 16.9 Å². The molecule has 2 aromatic heterocycles. The lowest BCUT2D eigenvalue weighted by atomic mass is 10.00. The van der Waals surface area contributed by atoms with E-state index in [1.54, 1.807) is 7.11 Å². The maximum absolute atomic E-state index is 11.7. The average Bonchev–Trinajstić information content (AvgIpc) is 2.95. The molecule has 0 aliphatic rings. The number of nitrogens with zero attached hydrogens (tertiary/aromatic N) is 1. The number of rotatable bonds is 5. The van der Waals surface area contributed by atoms with Crippen LogP contribution in [-0.2, 0) is 6.42 Å². The van der Waals surface area contributed by atoms with Crippen molar-refractivity contribution < 1.29 is 9.53 Å². The van der Waals surface area contributed by atoms with Crippen LogP contribution in [0.2, 0.25) is 0 Å². The van der Waals surface area contributed by atoms with Gasteiger partial charge in [-0.25, -0.2) is 0 Å². The van der Waals surface area contributed by atoms with Crippen molar-refractivity contribution in [2.45, 2.75) is 26.7 Å². The zero-order valence-electron chi connectivity index (χ0n) is 13.8. The molecule has 3 aromatic rings. The van der Waals surface area contributed by atoms with Crippen LogP contribution < -0.4 is 4.74 Å². The van der Waals surface area contributed by atoms with Gasteiger partial charge >= 0.3 is 0 Å². The molecular weight excluding hydrogens is 286 g/mol. The summed E-state index contributed by atoms with van der Waals surface area (Å²) < 4.78 is 7.48. The maximum Gasteiger partial charge on any atom is 0.167 e. The molecule has 0 saturated heterocycles. The van der Waals surface area contributed by atoms with Gasteiger partial charge in [-0.3, -0.25) is 4.79 Å². The first-order valence-electron chi connectivity index (χ1n) is 7.92. The summed E-state index contributed by atoms with van der Waals surface area (Å²) in [7, 11) is 1.67. The smallest absolute Gasteiger partial charge is 0.167 e. The van der Waals surface area contributed by atoms with Crippen molar-refractivity contribution in [1.29, 1.82) is 0 Å². The molecule has 0 aliphatic heterocycles. The van der Waals surface area contributed by atoms with E-state index in [0.717, 1.165) is 47.1 Å². The zero-order valence-corrected chi connectivity index (χ0v) is 13.8. The molecule has 3 rings (SSSR count). The largest absolute Gasteiger partial charge is 0.496 e. The molecule has 2 heterocycles. The molecule has 0 radical (unpaired) electrons. The van der Waals surface area contributed by atoms with Gasteiger partial charge in [0.05, 0.1) is 12.8 Å². The molecule has 3 nitrogen and oxygen atoms in total.